The molecule has 2 aliphatic rings. The Kier molecular flexibility index (Phi) is 5.29. The lowest BCUT2D eigenvalue weighted by molar-refractivity contribution is -0.173. The number of carbonyl (C=O) groups is 1. The Labute approximate surface area is 180 Å². The minimum absolute atomic E-state index is 0.0288. The quantitative estimate of drug-likeness (QED) is 0.633. The number of hydrogen-bond donors (Lipinski definition) is 0. The minimum atomic E-state index is -0.978. The molecule has 0 aliphatic carbocycles. The maximum Gasteiger partial charge on any atom is 0.257 e. The van der Waals surface area contributed by atoms with Crippen LogP contribution in [0.4, 0.5) is 4.39 Å². The van der Waals surface area contributed by atoms with E-state index >= 15 is 0 Å². The highest BCUT2D eigenvalue weighted by atomic mass is 19.1. The van der Waals surface area contributed by atoms with Crippen LogP contribution in [-0.2, 0) is 22.6 Å². The summed E-state index contributed by atoms with van der Waals surface area (Å²) in [5, 5.41) is 0. The average molecular weight is 421 g/mol. The SMILES string of the molecule is O=C1N(Cc2ccc(F)cc2)CCOC12CN(Cc1ccco1)CC2c1cccnc1. The van der Waals surface area contributed by atoms with Gasteiger partial charge < -0.3 is 14.1 Å². The van der Waals surface area contributed by atoms with Crippen molar-refractivity contribution in [2.45, 2.75) is 24.6 Å². The summed E-state index contributed by atoms with van der Waals surface area (Å²) in [5.74, 6) is 0.404. The van der Waals surface area contributed by atoms with Gasteiger partial charge in [-0.05, 0) is 41.5 Å². The Hall–Kier alpha value is -3.03. The molecule has 5 rings (SSSR count). The zero-order valence-electron chi connectivity index (χ0n) is 17.1. The van der Waals surface area contributed by atoms with Crippen molar-refractivity contribution < 1.29 is 18.3 Å². The fourth-order valence-electron chi connectivity index (χ4n) is 4.71. The van der Waals surface area contributed by atoms with E-state index in [1.54, 1.807) is 24.6 Å². The first-order valence-corrected chi connectivity index (χ1v) is 10.5. The van der Waals surface area contributed by atoms with Gasteiger partial charge in [-0.25, -0.2) is 4.39 Å². The summed E-state index contributed by atoms with van der Waals surface area (Å²) in [6.07, 6.45) is 5.21. The predicted molar refractivity (Wildman–Crippen MR) is 111 cm³/mol. The lowest BCUT2D eigenvalue weighted by Crippen LogP contribution is -2.59. The molecular formula is C24H24FN3O3. The van der Waals surface area contributed by atoms with Gasteiger partial charge >= 0.3 is 0 Å². The number of furan rings is 1. The average Bonchev–Trinajstić information content (AvgIpc) is 3.42. The van der Waals surface area contributed by atoms with E-state index in [4.69, 9.17) is 9.15 Å². The molecule has 2 atom stereocenters. The lowest BCUT2D eigenvalue weighted by Gasteiger charge is -2.42. The lowest BCUT2D eigenvalue weighted by atomic mass is 9.83. The van der Waals surface area contributed by atoms with Crippen molar-refractivity contribution in [1.82, 2.24) is 14.8 Å². The Balaban J connectivity index is 1.44. The smallest absolute Gasteiger partial charge is 0.257 e. The molecule has 31 heavy (non-hydrogen) atoms. The van der Waals surface area contributed by atoms with Gasteiger partial charge in [0.1, 0.15) is 11.6 Å². The van der Waals surface area contributed by atoms with E-state index in [1.165, 1.54) is 12.1 Å². The van der Waals surface area contributed by atoms with Gasteiger partial charge in [0, 0.05) is 44.5 Å². The fraction of sp³-hybridized carbons (Fsp3) is 0.333. The number of carbonyl (C=O) groups excluding carboxylic acids is 1. The van der Waals surface area contributed by atoms with E-state index in [9.17, 15) is 9.18 Å². The third-order valence-electron chi connectivity index (χ3n) is 6.17. The number of pyridine rings is 1. The monoisotopic (exact) mass is 421 g/mol. The molecule has 2 aromatic heterocycles. The van der Waals surface area contributed by atoms with Gasteiger partial charge in [0.05, 0.1) is 19.4 Å². The highest BCUT2D eigenvalue weighted by Gasteiger charge is 2.57. The number of hydrogen-bond acceptors (Lipinski definition) is 5. The van der Waals surface area contributed by atoms with Crippen LogP contribution in [0.2, 0.25) is 0 Å². The molecule has 160 valence electrons. The minimum Gasteiger partial charge on any atom is -0.468 e. The van der Waals surface area contributed by atoms with Gasteiger partial charge in [-0.3, -0.25) is 14.7 Å². The molecule has 6 nitrogen and oxygen atoms in total. The van der Waals surface area contributed by atoms with Gasteiger partial charge in [0.2, 0.25) is 0 Å². The number of rotatable bonds is 5. The molecule has 0 saturated carbocycles. The first-order valence-electron chi connectivity index (χ1n) is 10.5. The summed E-state index contributed by atoms with van der Waals surface area (Å²) in [6, 6.07) is 14.0. The zero-order valence-corrected chi connectivity index (χ0v) is 17.1. The molecular weight excluding hydrogens is 397 g/mol. The van der Waals surface area contributed by atoms with Crippen molar-refractivity contribution in [3.05, 3.63) is 89.9 Å². The second-order valence-electron chi connectivity index (χ2n) is 8.18. The standard InChI is InChI=1S/C24H24FN3O3/c25-20-7-5-18(6-8-20)14-28-10-12-31-24(23(28)29)17-27(15-21-4-2-11-30-21)16-22(24)19-3-1-9-26-13-19/h1-9,11,13,22H,10,12,14-17H2. The van der Waals surface area contributed by atoms with Crippen molar-refractivity contribution in [3.8, 4) is 0 Å². The van der Waals surface area contributed by atoms with E-state index in [-0.39, 0.29) is 17.6 Å². The fourth-order valence-corrected chi connectivity index (χ4v) is 4.71. The summed E-state index contributed by atoms with van der Waals surface area (Å²) in [7, 11) is 0. The van der Waals surface area contributed by atoms with E-state index in [2.05, 4.69) is 9.88 Å². The molecule has 2 unspecified atom stereocenters. The number of morpholine rings is 1. The summed E-state index contributed by atoms with van der Waals surface area (Å²) in [4.78, 5) is 22.1. The third-order valence-corrected chi connectivity index (χ3v) is 6.17. The molecule has 0 radical (unpaired) electrons. The molecule has 4 heterocycles. The maximum atomic E-state index is 13.8. The van der Waals surface area contributed by atoms with Crippen LogP contribution in [0.15, 0.2) is 71.6 Å². The second-order valence-corrected chi connectivity index (χ2v) is 8.18. The first kappa shape index (κ1) is 19.9. The van der Waals surface area contributed by atoms with Crippen LogP contribution >= 0.6 is 0 Å². The van der Waals surface area contributed by atoms with E-state index in [0.717, 1.165) is 16.9 Å². The molecule has 0 N–H and O–H groups in total. The molecule has 2 fully saturated rings. The predicted octanol–water partition coefficient (Wildman–Crippen LogP) is 3.21. The number of benzene rings is 1. The molecule has 0 bridgehead atoms. The first-order chi connectivity index (χ1) is 15.1. The topological polar surface area (TPSA) is 58.8 Å². The highest BCUT2D eigenvalue weighted by Crippen LogP contribution is 2.42. The van der Waals surface area contributed by atoms with Gasteiger partial charge in [-0.1, -0.05) is 18.2 Å². The Morgan fingerprint density at radius 2 is 2.00 bits per heavy atom. The maximum absolute atomic E-state index is 13.8. The summed E-state index contributed by atoms with van der Waals surface area (Å²) in [6.45, 7) is 3.16. The Bertz CT molecular complexity index is 1030. The highest BCUT2D eigenvalue weighted by molar-refractivity contribution is 5.88. The molecule has 1 aromatic carbocycles. The normalized spacial score (nSPS) is 24.2. The van der Waals surface area contributed by atoms with Crippen LogP contribution in [0.1, 0.15) is 22.8 Å². The summed E-state index contributed by atoms with van der Waals surface area (Å²) < 4.78 is 25.1. The number of halogens is 1. The van der Waals surface area contributed by atoms with Crippen molar-refractivity contribution in [2.24, 2.45) is 0 Å². The molecule has 3 aromatic rings. The number of nitrogens with zero attached hydrogens (tertiary/aromatic N) is 3. The van der Waals surface area contributed by atoms with Crippen LogP contribution in [0.25, 0.3) is 0 Å². The van der Waals surface area contributed by atoms with E-state index < -0.39 is 5.60 Å². The van der Waals surface area contributed by atoms with Crippen LogP contribution in [-0.4, -0.2) is 52.5 Å². The Morgan fingerprint density at radius 1 is 1.13 bits per heavy atom. The van der Waals surface area contributed by atoms with Crippen LogP contribution in [0.5, 0.6) is 0 Å². The molecule has 7 heteroatoms. The number of aromatic nitrogens is 1. The van der Waals surface area contributed by atoms with Gasteiger partial charge in [0.25, 0.3) is 5.91 Å². The van der Waals surface area contributed by atoms with Gasteiger partial charge in [-0.2, -0.15) is 0 Å². The largest absolute Gasteiger partial charge is 0.468 e. The molecule has 2 aliphatic heterocycles. The number of ether oxygens (including phenoxy) is 1. The second kappa shape index (κ2) is 8.24. The molecule has 1 amide bonds. The third kappa shape index (κ3) is 3.86. The van der Waals surface area contributed by atoms with Crippen LogP contribution in [0, 0.1) is 5.82 Å². The van der Waals surface area contributed by atoms with Crippen LogP contribution in [0.3, 0.4) is 0 Å². The number of amides is 1. The van der Waals surface area contributed by atoms with Crippen molar-refractivity contribution in [2.75, 3.05) is 26.2 Å². The van der Waals surface area contributed by atoms with Crippen molar-refractivity contribution in [1.29, 1.82) is 0 Å². The van der Waals surface area contributed by atoms with Crippen LogP contribution < -0.4 is 0 Å². The van der Waals surface area contributed by atoms with E-state index in [1.807, 2.05) is 35.4 Å². The number of likely N-dealkylation sites (tertiary alicyclic amines) is 1. The van der Waals surface area contributed by atoms with Gasteiger partial charge in [-0.15, -0.1) is 0 Å². The molecule has 1 spiro atoms. The van der Waals surface area contributed by atoms with Crippen molar-refractivity contribution >= 4 is 5.91 Å². The summed E-state index contributed by atoms with van der Waals surface area (Å²) >= 11 is 0. The van der Waals surface area contributed by atoms with Crippen molar-refractivity contribution in [3.63, 3.8) is 0 Å². The Morgan fingerprint density at radius 3 is 2.74 bits per heavy atom. The summed E-state index contributed by atoms with van der Waals surface area (Å²) in [5.41, 5.74) is 0.907. The molecule has 2 saturated heterocycles. The van der Waals surface area contributed by atoms with E-state index in [0.29, 0.717) is 39.3 Å². The van der Waals surface area contributed by atoms with Gasteiger partial charge in [0.15, 0.2) is 5.60 Å². The zero-order chi connectivity index (χ0) is 21.3.